The molecule has 0 aromatic heterocycles. The quantitative estimate of drug-likeness (QED) is 0.646. The minimum Gasteiger partial charge on any atom is -0.497 e. The highest BCUT2D eigenvalue weighted by Gasteiger charge is 2.30. The Morgan fingerprint density at radius 1 is 1.07 bits per heavy atom. The van der Waals surface area contributed by atoms with Gasteiger partial charge < -0.3 is 14.8 Å². The predicted molar refractivity (Wildman–Crippen MR) is 109 cm³/mol. The maximum Gasteiger partial charge on any atom is 0.243 e. The van der Waals surface area contributed by atoms with Crippen LogP contribution in [-0.4, -0.2) is 46.4 Å². The predicted octanol–water partition coefficient (Wildman–Crippen LogP) is 2.71. The van der Waals surface area contributed by atoms with Crippen LogP contribution in [0.2, 0.25) is 0 Å². The van der Waals surface area contributed by atoms with Crippen molar-refractivity contribution >= 4 is 21.6 Å². The largest absolute Gasteiger partial charge is 0.497 e. The summed E-state index contributed by atoms with van der Waals surface area (Å²) in [6.07, 6.45) is 0.883. The van der Waals surface area contributed by atoms with Gasteiger partial charge in [0.05, 0.1) is 25.1 Å². The summed E-state index contributed by atoms with van der Waals surface area (Å²) in [5.41, 5.74) is -0.152. The number of amides is 1. The third kappa shape index (κ3) is 6.06. The molecule has 0 bridgehead atoms. The normalized spacial score (nSPS) is 13.3. The molecule has 2 rings (SSSR count). The molecule has 0 saturated heterocycles. The van der Waals surface area contributed by atoms with Gasteiger partial charge in [0.1, 0.15) is 24.1 Å². The summed E-state index contributed by atoms with van der Waals surface area (Å²) in [4.78, 5) is 12.6. The topological polar surface area (TPSA) is 84.9 Å². The number of methoxy groups -OCH3 is 1. The first-order chi connectivity index (χ1) is 14.0. The minimum atomic E-state index is -3.95. The molecule has 0 aliphatic heterocycles. The lowest BCUT2D eigenvalue weighted by Gasteiger charge is -2.29. The van der Waals surface area contributed by atoms with Gasteiger partial charge in [-0.1, -0.05) is 0 Å². The van der Waals surface area contributed by atoms with Crippen LogP contribution in [-0.2, 0) is 14.8 Å². The van der Waals surface area contributed by atoms with Crippen molar-refractivity contribution in [2.45, 2.75) is 25.9 Å². The van der Waals surface area contributed by atoms with Crippen LogP contribution in [0.25, 0.3) is 0 Å². The van der Waals surface area contributed by atoms with Gasteiger partial charge in [0, 0.05) is 6.07 Å². The maximum absolute atomic E-state index is 13.6. The zero-order valence-corrected chi connectivity index (χ0v) is 17.9. The Hall–Kier alpha value is -2.88. The Morgan fingerprint density at radius 2 is 1.67 bits per heavy atom. The van der Waals surface area contributed by atoms with Crippen molar-refractivity contribution in [3.8, 4) is 11.5 Å². The van der Waals surface area contributed by atoms with Crippen LogP contribution in [0.5, 0.6) is 11.5 Å². The zero-order valence-electron chi connectivity index (χ0n) is 17.1. The second-order valence-electron chi connectivity index (χ2n) is 6.73. The first kappa shape index (κ1) is 23.4. The van der Waals surface area contributed by atoms with E-state index in [4.69, 9.17) is 9.47 Å². The molecule has 30 heavy (non-hydrogen) atoms. The summed E-state index contributed by atoms with van der Waals surface area (Å²) in [5.74, 6) is -1.69. The standard InChI is InChI=1S/C20H24F2N2O5S/c1-13(12-29-17-8-6-16(28-3)7-9-17)23-20(25)14(2)24(30(4,26)27)15-5-10-18(21)19(22)11-15/h5-11,13-14H,12H2,1-4H3,(H,23,25). The average molecular weight is 442 g/mol. The molecule has 0 saturated carbocycles. The smallest absolute Gasteiger partial charge is 0.243 e. The Kier molecular flexibility index (Phi) is 7.60. The molecule has 1 N–H and O–H groups in total. The maximum atomic E-state index is 13.6. The van der Waals surface area contributed by atoms with Crippen molar-refractivity contribution in [1.82, 2.24) is 5.32 Å². The van der Waals surface area contributed by atoms with Crippen molar-refractivity contribution < 1.29 is 31.5 Å². The van der Waals surface area contributed by atoms with Crippen LogP contribution in [0.1, 0.15) is 13.8 Å². The molecule has 0 aliphatic carbocycles. The molecule has 0 aliphatic rings. The van der Waals surface area contributed by atoms with E-state index in [0.29, 0.717) is 11.5 Å². The summed E-state index contributed by atoms with van der Waals surface area (Å²) in [6.45, 7) is 3.18. The van der Waals surface area contributed by atoms with Gasteiger partial charge in [-0.3, -0.25) is 9.10 Å². The molecule has 2 aromatic carbocycles. The first-order valence-electron chi connectivity index (χ1n) is 9.04. The van der Waals surface area contributed by atoms with E-state index in [-0.39, 0.29) is 12.3 Å². The van der Waals surface area contributed by atoms with Crippen molar-refractivity contribution in [3.63, 3.8) is 0 Å². The highest BCUT2D eigenvalue weighted by Crippen LogP contribution is 2.23. The van der Waals surface area contributed by atoms with Crippen LogP contribution < -0.4 is 19.1 Å². The van der Waals surface area contributed by atoms with E-state index in [1.54, 1.807) is 38.3 Å². The van der Waals surface area contributed by atoms with E-state index in [1.165, 1.54) is 6.92 Å². The number of rotatable bonds is 9. The lowest BCUT2D eigenvalue weighted by atomic mass is 10.2. The Labute approximate surface area is 174 Å². The zero-order chi connectivity index (χ0) is 22.5. The minimum absolute atomic E-state index is 0.134. The number of hydrogen-bond donors (Lipinski definition) is 1. The van der Waals surface area contributed by atoms with Crippen LogP contribution in [0.15, 0.2) is 42.5 Å². The molecular weight excluding hydrogens is 418 g/mol. The van der Waals surface area contributed by atoms with Crippen LogP contribution in [0.4, 0.5) is 14.5 Å². The number of carbonyl (C=O) groups is 1. The molecular formula is C20H24F2N2O5S. The van der Waals surface area contributed by atoms with Gasteiger partial charge in [0.15, 0.2) is 11.6 Å². The SMILES string of the molecule is COc1ccc(OCC(C)NC(=O)C(C)N(c2ccc(F)c(F)c2)S(C)(=O)=O)cc1. The fraction of sp³-hybridized carbons (Fsp3) is 0.350. The molecule has 164 valence electrons. The van der Waals surface area contributed by atoms with Gasteiger partial charge >= 0.3 is 0 Å². The van der Waals surface area contributed by atoms with Crippen molar-refractivity contribution in [3.05, 3.63) is 54.1 Å². The fourth-order valence-corrected chi connectivity index (χ4v) is 3.90. The Bertz CT molecular complexity index is 983. The van der Waals surface area contributed by atoms with Crippen molar-refractivity contribution in [2.24, 2.45) is 0 Å². The molecule has 7 nitrogen and oxygen atoms in total. The third-order valence-corrected chi connectivity index (χ3v) is 5.44. The molecule has 2 aromatic rings. The number of carbonyl (C=O) groups excluding carboxylic acids is 1. The number of ether oxygens (including phenoxy) is 2. The van der Waals surface area contributed by atoms with Gasteiger partial charge in [0.25, 0.3) is 0 Å². The molecule has 10 heteroatoms. The Balaban J connectivity index is 2.05. The number of benzene rings is 2. The second-order valence-corrected chi connectivity index (χ2v) is 8.59. The van der Waals surface area contributed by atoms with Crippen LogP contribution in [0.3, 0.4) is 0 Å². The lowest BCUT2D eigenvalue weighted by Crippen LogP contribution is -2.50. The monoisotopic (exact) mass is 442 g/mol. The summed E-state index contributed by atoms with van der Waals surface area (Å²) in [7, 11) is -2.40. The van der Waals surface area contributed by atoms with E-state index in [0.717, 1.165) is 28.8 Å². The van der Waals surface area contributed by atoms with E-state index in [1.807, 2.05) is 0 Å². The van der Waals surface area contributed by atoms with E-state index >= 15 is 0 Å². The van der Waals surface area contributed by atoms with Gasteiger partial charge in [-0.25, -0.2) is 17.2 Å². The number of nitrogens with zero attached hydrogens (tertiary/aromatic N) is 1. The van der Waals surface area contributed by atoms with E-state index < -0.39 is 39.6 Å². The van der Waals surface area contributed by atoms with E-state index in [9.17, 15) is 22.0 Å². The highest BCUT2D eigenvalue weighted by molar-refractivity contribution is 7.92. The number of hydrogen-bond acceptors (Lipinski definition) is 5. The number of anilines is 1. The van der Waals surface area contributed by atoms with E-state index in [2.05, 4.69) is 5.32 Å². The lowest BCUT2D eigenvalue weighted by molar-refractivity contribution is -0.122. The second kappa shape index (κ2) is 9.75. The molecule has 1 amide bonds. The number of nitrogens with one attached hydrogen (secondary N) is 1. The fourth-order valence-electron chi connectivity index (χ4n) is 2.73. The first-order valence-corrected chi connectivity index (χ1v) is 10.9. The van der Waals surface area contributed by atoms with Gasteiger partial charge in [-0.2, -0.15) is 0 Å². The van der Waals surface area contributed by atoms with Crippen molar-refractivity contribution in [1.29, 1.82) is 0 Å². The summed E-state index contributed by atoms with van der Waals surface area (Å²) in [6, 6.07) is 7.87. The molecule has 2 atom stereocenters. The molecule has 0 radical (unpaired) electrons. The van der Waals surface area contributed by atoms with Gasteiger partial charge in [0.2, 0.25) is 15.9 Å². The Morgan fingerprint density at radius 3 is 2.20 bits per heavy atom. The highest BCUT2D eigenvalue weighted by atomic mass is 32.2. The summed E-state index contributed by atoms with van der Waals surface area (Å²) < 4.78 is 62.6. The van der Waals surface area contributed by atoms with Crippen molar-refractivity contribution in [2.75, 3.05) is 24.3 Å². The van der Waals surface area contributed by atoms with Gasteiger partial charge in [-0.05, 0) is 50.2 Å². The molecule has 2 unspecified atom stereocenters. The van der Waals surface area contributed by atoms with Crippen LogP contribution >= 0.6 is 0 Å². The number of sulfonamides is 1. The molecule has 0 heterocycles. The molecule has 0 spiro atoms. The third-order valence-electron chi connectivity index (χ3n) is 4.19. The van der Waals surface area contributed by atoms with Crippen LogP contribution in [0, 0.1) is 11.6 Å². The van der Waals surface area contributed by atoms with Gasteiger partial charge in [-0.15, -0.1) is 0 Å². The number of halogens is 2. The summed E-state index contributed by atoms with van der Waals surface area (Å²) >= 11 is 0. The molecule has 0 fully saturated rings. The summed E-state index contributed by atoms with van der Waals surface area (Å²) in [5, 5.41) is 2.66. The average Bonchev–Trinajstić information content (AvgIpc) is 2.68.